The number of hydrogen-bond donors (Lipinski definition) is 1. The molecule has 0 aliphatic heterocycles. The van der Waals surface area contributed by atoms with Crippen molar-refractivity contribution in [2.24, 2.45) is 0 Å². The van der Waals surface area contributed by atoms with E-state index >= 15 is 0 Å². The summed E-state index contributed by atoms with van der Waals surface area (Å²) in [4.78, 5) is 19.2. The van der Waals surface area contributed by atoms with E-state index < -0.39 is 0 Å². The van der Waals surface area contributed by atoms with E-state index in [1.807, 2.05) is 6.07 Å². The van der Waals surface area contributed by atoms with Gasteiger partial charge in [0.25, 0.3) is 0 Å². The summed E-state index contributed by atoms with van der Waals surface area (Å²) in [6.45, 7) is 5.27. The van der Waals surface area contributed by atoms with Crippen molar-refractivity contribution in [3.05, 3.63) is 75.3 Å². The van der Waals surface area contributed by atoms with Crippen LogP contribution in [0.3, 0.4) is 0 Å². The maximum absolute atomic E-state index is 13.1. The molecule has 0 aliphatic carbocycles. The lowest BCUT2D eigenvalue weighted by molar-refractivity contribution is -0.120. The molecule has 1 amide bonds. The number of rotatable bonds is 11. The van der Waals surface area contributed by atoms with Gasteiger partial charge in [-0.1, -0.05) is 48.3 Å². The number of hydrogen-bond acceptors (Lipinski definition) is 5. The third-order valence-electron chi connectivity index (χ3n) is 5.41. The highest BCUT2D eigenvalue weighted by atomic mass is 35.5. The number of carbonyl (C=O) groups is 1. The third-order valence-corrected chi connectivity index (χ3v) is 6.79. The minimum Gasteiger partial charge on any atom is -0.356 e. The average Bonchev–Trinajstić information content (AvgIpc) is 3.24. The maximum Gasteiger partial charge on any atom is 0.221 e. The molecule has 176 valence electrons. The predicted molar refractivity (Wildman–Crippen MR) is 134 cm³/mol. The maximum atomic E-state index is 13.1. The number of nitrogens with one attached hydrogen (secondary N) is 1. The Labute approximate surface area is 208 Å². The van der Waals surface area contributed by atoms with Crippen LogP contribution in [0.5, 0.6) is 0 Å². The fourth-order valence-corrected chi connectivity index (χ4v) is 4.63. The van der Waals surface area contributed by atoms with Gasteiger partial charge in [0.05, 0.1) is 0 Å². The van der Waals surface area contributed by atoms with Crippen LogP contribution < -0.4 is 10.2 Å². The Bertz CT molecular complexity index is 1060. The molecule has 0 saturated heterocycles. The van der Waals surface area contributed by atoms with E-state index in [2.05, 4.69) is 33.4 Å². The zero-order valence-electron chi connectivity index (χ0n) is 18.7. The molecule has 3 rings (SSSR count). The Kier molecular flexibility index (Phi) is 9.47. The summed E-state index contributed by atoms with van der Waals surface area (Å²) in [5.41, 5.74) is 1.90. The summed E-state index contributed by atoms with van der Waals surface area (Å²) in [5, 5.41) is 4.95. The molecule has 0 spiro atoms. The second-order valence-electron chi connectivity index (χ2n) is 7.83. The van der Waals surface area contributed by atoms with E-state index in [0.29, 0.717) is 48.2 Å². The van der Waals surface area contributed by atoms with Crippen LogP contribution in [0.15, 0.2) is 42.5 Å². The highest BCUT2D eigenvalue weighted by molar-refractivity contribution is 7.09. The first-order valence-electron chi connectivity index (χ1n) is 10.9. The highest BCUT2D eigenvalue weighted by Gasteiger charge is 2.19. The number of nitrogens with zero attached hydrogens (tertiary/aromatic N) is 3. The van der Waals surface area contributed by atoms with E-state index in [9.17, 15) is 9.18 Å². The lowest BCUT2D eigenvalue weighted by Crippen LogP contribution is -2.37. The van der Waals surface area contributed by atoms with Gasteiger partial charge in [0.15, 0.2) is 0 Å². The molecule has 0 bridgehead atoms. The Morgan fingerprint density at radius 1 is 1.21 bits per heavy atom. The van der Waals surface area contributed by atoms with Crippen molar-refractivity contribution < 1.29 is 9.18 Å². The molecule has 1 aromatic heterocycles. The summed E-state index contributed by atoms with van der Waals surface area (Å²) in [5.74, 6) is 0.409. The van der Waals surface area contributed by atoms with Gasteiger partial charge < -0.3 is 10.2 Å². The van der Waals surface area contributed by atoms with E-state index in [4.69, 9.17) is 23.2 Å². The largest absolute Gasteiger partial charge is 0.356 e. The zero-order chi connectivity index (χ0) is 23.8. The van der Waals surface area contributed by atoms with Crippen molar-refractivity contribution in [2.75, 3.05) is 18.0 Å². The Morgan fingerprint density at radius 3 is 2.67 bits per heavy atom. The number of amides is 1. The third kappa shape index (κ3) is 7.66. The second kappa shape index (κ2) is 12.3. The summed E-state index contributed by atoms with van der Waals surface area (Å²) in [6, 6.07) is 11.9. The standard InChI is InChI=1S/C24H27Cl2FN4OS/c1-3-16(2)31(24-29-22(30-33-24)14-17-4-8-20(27)9-5-17)13-11-23(32)28-12-10-18-6-7-19(25)15-21(18)26/h4-9,15-16H,3,10-14H2,1-2H3,(H,28,32). The normalized spacial score (nSPS) is 11.9. The molecule has 0 saturated carbocycles. The van der Waals surface area contributed by atoms with Crippen molar-refractivity contribution in [2.45, 2.75) is 45.6 Å². The molecular formula is C24H27Cl2FN4OS. The molecular weight excluding hydrogens is 482 g/mol. The Balaban J connectivity index is 1.53. The average molecular weight is 509 g/mol. The van der Waals surface area contributed by atoms with Gasteiger partial charge in [-0.3, -0.25) is 4.79 Å². The molecule has 0 radical (unpaired) electrons. The van der Waals surface area contributed by atoms with Crippen LogP contribution in [0.25, 0.3) is 0 Å². The molecule has 1 heterocycles. The first-order valence-corrected chi connectivity index (χ1v) is 12.4. The number of benzene rings is 2. The van der Waals surface area contributed by atoms with Gasteiger partial charge in [-0.15, -0.1) is 0 Å². The van der Waals surface area contributed by atoms with Gasteiger partial charge in [-0.2, -0.15) is 4.37 Å². The van der Waals surface area contributed by atoms with Crippen molar-refractivity contribution in [1.29, 1.82) is 0 Å². The minimum atomic E-state index is -0.261. The van der Waals surface area contributed by atoms with Crippen LogP contribution in [-0.4, -0.2) is 34.4 Å². The molecule has 0 aliphatic rings. The van der Waals surface area contributed by atoms with Crippen LogP contribution >= 0.6 is 34.7 Å². The molecule has 1 N–H and O–H groups in total. The van der Waals surface area contributed by atoms with Gasteiger partial charge in [0.2, 0.25) is 11.0 Å². The van der Waals surface area contributed by atoms with Crippen LogP contribution in [0.4, 0.5) is 9.52 Å². The SMILES string of the molecule is CCC(C)N(CCC(=O)NCCc1ccc(Cl)cc1Cl)c1nc(Cc2ccc(F)cc2)ns1. The first kappa shape index (κ1) is 25.4. The fourth-order valence-electron chi connectivity index (χ4n) is 3.31. The van der Waals surface area contributed by atoms with Crippen LogP contribution in [0, 0.1) is 5.82 Å². The molecule has 5 nitrogen and oxygen atoms in total. The van der Waals surface area contributed by atoms with Crippen LogP contribution in [0.2, 0.25) is 10.0 Å². The van der Waals surface area contributed by atoms with Gasteiger partial charge in [0.1, 0.15) is 11.6 Å². The number of halogens is 3. The molecule has 1 unspecified atom stereocenters. The number of anilines is 1. The number of carbonyl (C=O) groups excluding carboxylic acids is 1. The van der Waals surface area contributed by atoms with Crippen molar-refractivity contribution in [1.82, 2.24) is 14.7 Å². The first-order chi connectivity index (χ1) is 15.9. The van der Waals surface area contributed by atoms with E-state index in [0.717, 1.165) is 22.7 Å². The van der Waals surface area contributed by atoms with E-state index in [1.165, 1.54) is 23.7 Å². The van der Waals surface area contributed by atoms with Crippen molar-refractivity contribution in [3.8, 4) is 0 Å². The van der Waals surface area contributed by atoms with Crippen LogP contribution in [-0.2, 0) is 17.6 Å². The van der Waals surface area contributed by atoms with Gasteiger partial charge in [0, 0.05) is 53.6 Å². The monoisotopic (exact) mass is 508 g/mol. The summed E-state index contributed by atoms with van der Waals surface area (Å²) < 4.78 is 17.6. The molecule has 2 aromatic carbocycles. The zero-order valence-corrected chi connectivity index (χ0v) is 21.0. The Morgan fingerprint density at radius 2 is 1.97 bits per heavy atom. The topological polar surface area (TPSA) is 58.1 Å². The molecule has 0 fully saturated rings. The molecule has 33 heavy (non-hydrogen) atoms. The molecule has 1 atom stereocenters. The predicted octanol–water partition coefficient (Wildman–Crippen LogP) is 5.93. The fraction of sp³-hybridized carbons (Fsp3) is 0.375. The smallest absolute Gasteiger partial charge is 0.221 e. The lowest BCUT2D eigenvalue weighted by atomic mass is 10.1. The van der Waals surface area contributed by atoms with Crippen LogP contribution in [0.1, 0.15) is 43.6 Å². The van der Waals surface area contributed by atoms with Gasteiger partial charge >= 0.3 is 0 Å². The second-order valence-corrected chi connectivity index (χ2v) is 9.41. The molecule has 3 aromatic rings. The van der Waals surface area contributed by atoms with E-state index in [-0.39, 0.29) is 17.8 Å². The van der Waals surface area contributed by atoms with Crippen molar-refractivity contribution in [3.63, 3.8) is 0 Å². The lowest BCUT2D eigenvalue weighted by Gasteiger charge is -2.27. The van der Waals surface area contributed by atoms with Gasteiger partial charge in [-0.05, 0) is 55.2 Å². The highest BCUT2D eigenvalue weighted by Crippen LogP contribution is 2.23. The van der Waals surface area contributed by atoms with E-state index in [1.54, 1.807) is 24.3 Å². The van der Waals surface area contributed by atoms with Gasteiger partial charge in [-0.25, -0.2) is 9.37 Å². The minimum absolute atomic E-state index is 0.0237. The number of aromatic nitrogens is 2. The summed E-state index contributed by atoms with van der Waals surface area (Å²) >= 11 is 13.4. The quantitative estimate of drug-likeness (QED) is 0.348. The summed E-state index contributed by atoms with van der Waals surface area (Å²) in [6.07, 6.45) is 2.45. The molecule has 9 heteroatoms. The summed E-state index contributed by atoms with van der Waals surface area (Å²) in [7, 11) is 0. The van der Waals surface area contributed by atoms with Crippen molar-refractivity contribution >= 4 is 45.8 Å². The Hall–Kier alpha value is -2.22.